The molecule has 1 heterocycles. The van der Waals surface area contributed by atoms with Crippen molar-refractivity contribution in [2.24, 2.45) is 0 Å². The Kier molecular flexibility index (Phi) is 4.74. The molecule has 1 aromatic carbocycles. The van der Waals surface area contributed by atoms with E-state index in [1.807, 2.05) is 18.5 Å². The fraction of sp³-hybridized carbons (Fsp3) is 0.421. The highest BCUT2D eigenvalue weighted by molar-refractivity contribution is 5.52. The number of nitrogens with zero attached hydrogens (tertiary/aromatic N) is 2. The second-order valence-electron chi connectivity index (χ2n) is 6.12. The highest BCUT2D eigenvalue weighted by atomic mass is 15.1. The van der Waals surface area contributed by atoms with Gasteiger partial charge in [-0.15, -0.1) is 0 Å². The van der Waals surface area contributed by atoms with Gasteiger partial charge in [-0.3, -0.25) is 9.88 Å². The molecular formula is C19H25N3. The van der Waals surface area contributed by atoms with E-state index in [4.69, 9.17) is 5.73 Å². The van der Waals surface area contributed by atoms with Crippen LogP contribution in [-0.2, 0) is 19.3 Å². The molecule has 116 valence electrons. The molecule has 3 rings (SSSR count). The van der Waals surface area contributed by atoms with Gasteiger partial charge in [-0.05, 0) is 67.1 Å². The molecule has 1 atom stereocenters. The highest BCUT2D eigenvalue weighted by Gasteiger charge is 2.24. The Hall–Kier alpha value is -1.87. The Morgan fingerprint density at radius 2 is 2.05 bits per heavy atom. The number of hydrogen-bond acceptors (Lipinski definition) is 3. The van der Waals surface area contributed by atoms with Crippen molar-refractivity contribution in [3.63, 3.8) is 0 Å². The third kappa shape index (κ3) is 3.30. The molecular weight excluding hydrogens is 270 g/mol. The van der Waals surface area contributed by atoms with E-state index in [0.29, 0.717) is 6.04 Å². The number of pyridine rings is 1. The zero-order valence-corrected chi connectivity index (χ0v) is 13.3. The maximum absolute atomic E-state index is 6.11. The lowest BCUT2D eigenvalue weighted by atomic mass is 9.86. The van der Waals surface area contributed by atoms with Gasteiger partial charge in [-0.25, -0.2) is 0 Å². The Bertz CT molecular complexity index is 609. The molecule has 1 unspecified atom stereocenters. The lowest BCUT2D eigenvalue weighted by Gasteiger charge is -2.35. The van der Waals surface area contributed by atoms with E-state index in [0.717, 1.165) is 38.0 Å². The molecule has 3 heteroatoms. The lowest BCUT2D eigenvalue weighted by Crippen LogP contribution is -2.40. The monoisotopic (exact) mass is 295 g/mol. The summed E-state index contributed by atoms with van der Waals surface area (Å²) >= 11 is 0. The molecule has 0 saturated heterocycles. The molecule has 0 bridgehead atoms. The quantitative estimate of drug-likeness (QED) is 0.862. The van der Waals surface area contributed by atoms with E-state index >= 15 is 0 Å². The van der Waals surface area contributed by atoms with Crippen LogP contribution in [0.1, 0.15) is 30.0 Å². The second-order valence-corrected chi connectivity index (χ2v) is 6.12. The molecule has 2 aromatic rings. The summed E-state index contributed by atoms with van der Waals surface area (Å²) in [6.07, 6.45) is 8.31. The molecule has 0 radical (unpaired) electrons. The summed E-state index contributed by atoms with van der Waals surface area (Å²) in [5, 5.41) is 0. The standard InChI is InChI=1S/C19H25N3/c1-2-22(13-10-15-8-11-21-12-9-15)17-6-7-18-16(14-17)4-3-5-19(18)20/h3-5,8-9,11-12,17H,2,6-7,10,13-14,20H2,1H3. The Morgan fingerprint density at radius 1 is 1.23 bits per heavy atom. The van der Waals surface area contributed by atoms with Crippen molar-refractivity contribution < 1.29 is 0 Å². The number of nitrogens with two attached hydrogens (primary N) is 1. The molecule has 3 nitrogen and oxygen atoms in total. The second kappa shape index (κ2) is 6.93. The summed E-state index contributed by atoms with van der Waals surface area (Å²) in [5.74, 6) is 0. The smallest absolute Gasteiger partial charge is 0.0349 e. The first kappa shape index (κ1) is 15.0. The van der Waals surface area contributed by atoms with Crippen LogP contribution in [-0.4, -0.2) is 29.0 Å². The first-order chi connectivity index (χ1) is 10.8. The largest absolute Gasteiger partial charge is 0.398 e. The zero-order valence-electron chi connectivity index (χ0n) is 13.3. The molecule has 0 fully saturated rings. The van der Waals surface area contributed by atoms with Crippen LogP contribution in [0, 0.1) is 0 Å². The molecule has 2 N–H and O–H groups in total. The number of likely N-dealkylation sites (N-methyl/N-ethyl adjacent to an activating group) is 1. The average Bonchev–Trinajstić information content (AvgIpc) is 2.56. The molecule has 1 aliphatic rings. The molecule has 1 aromatic heterocycles. The van der Waals surface area contributed by atoms with E-state index in [1.54, 1.807) is 0 Å². The van der Waals surface area contributed by atoms with Gasteiger partial charge in [0, 0.05) is 30.7 Å². The summed E-state index contributed by atoms with van der Waals surface area (Å²) in [6, 6.07) is 11.2. The minimum absolute atomic E-state index is 0.640. The number of aromatic nitrogens is 1. The van der Waals surface area contributed by atoms with Crippen molar-refractivity contribution in [2.75, 3.05) is 18.8 Å². The summed E-state index contributed by atoms with van der Waals surface area (Å²) in [6.45, 7) is 4.48. The van der Waals surface area contributed by atoms with Gasteiger partial charge in [0.05, 0.1) is 0 Å². The van der Waals surface area contributed by atoms with Crippen molar-refractivity contribution in [3.05, 3.63) is 59.4 Å². The number of fused-ring (bicyclic) bond motifs is 1. The topological polar surface area (TPSA) is 42.2 Å². The summed E-state index contributed by atoms with van der Waals surface area (Å²) in [5.41, 5.74) is 11.3. The highest BCUT2D eigenvalue weighted by Crippen LogP contribution is 2.28. The fourth-order valence-electron chi connectivity index (χ4n) is 3.55. The van der Waals surface area contributed by atoms with E-state index in [2.05, 4.69) is 41.1 Å². The number of anilines is 1. The third-order valence-electron chi connectivity index (χ3n) is 4.85. The molecule has 1 aliphatic carbocycles. The van der Waals surface area contributed by atoms with Gasteiger partial charge in [0.2, 0.25) is 0 Å². The Balaban J connectivity index is 1.65. The molecule has 0 amide bonds. The van der Waals surface area contributed by atoms with Crippen molar-refractivity contribution in [1.82, 2.24) is 9.88 Å². The summed E-state index contributed by atoms with van der Waals surface area (Å²) < 4.78 is 0. The maximum Gasteiger partial charge on any atom is 0.0349 e. The van der Waals surface area contributed by atoms with Gasteiger partial charge in [0.25, 0.3) is 0 Å². The van der Waals surface area contributed by atoms with Crippen LogP contribution >= 0.6 is 0 Å². The number of rotatable bonds is 5. The van der Waals surface area contributed by atoms with Gasteiger partial charge in [0.1, 0.15) is 0 Å². The summed E-state index contributed by atoms with van der Waals surface area (Å²) in [4.78, 5) is 6.71. The van der Waals surface area contributed by atoms with Crippen LogP contribution in [0.2, 0.25) is 0 Å². The van der Waals surface area contributed by atoms with Gasteiger partial charge in [-0.1, -0.05) is 19.1 Å². The Morgan fingerprint density at radius 3 is 2.82 bits per heavy atom. The number of nitrogen functional groups attached to an aromatic ring is 1. The molecule has 22 heavy (non-hydrogen) atoms. The van der Waals surface area contributed by atoms with Crippen LogP contribution in [0.5, 0.6) is 0 Å². The third-order valence-corrected chi connectivity index (χ3v) is 4.85. The molecule has 0 spiro atoms. The van der Waals surface area contributed by atoms with Crippen LogP contribution in [0.4, 0.5) is 5.69 Å². The zero-order chi connectivity index (χ0) is 15.4. The van der Waals surface area contributed by atoms with Gasteiger partial charge < -0.3 is 5.73 Å². The average molecular weight is 295 g/mol. The van der Waals surface area contributed by atoms with Crippen LogP contribution in [0.3, 0.4) is 0 Å². The Labute approximate surface area is 133 Å². The van der Waals surface area contributed by atoms with Crippen molar-refractivity contribution in [2.45, 2.75) is 38.6 Å². The van der Waals surface area contributed by atoms with E-state index < -0.39 is 0 Å². The van der Waals surface area contributed by atoms with E-state index in [9.17, 15) is 0 Å². The van der Waals surface area contributed by atoms with E-state index in [-0.39, 0.29) is 0 Å². The van der Waals surface area contributed by atoms with Crippen molar-refractivity contribution in [1.29, 1.82) is 0 Å². The fourth-order valence-corrected chi connectivity index (χ4v) is 3.55. The number of benzene rings is 1. The van der Waals surface area contributed by atoms with E-state index in [1.165, 1.54) is 23.1 Å². The predicted molar refractivity (Wildman–Crippen MR) is 91.9 cm³/mol. The normalized spacial score (nSPS) is 17.5. The first-order valence-corrected chi connectivity index (χ1v) is 8.27. The van der Waals surface area contributed by atoms with Crippen LogP contribution < -0.4 is 5.73 Å². The summed E-state index contributed by atoms with van der Waals surface area (Å²) in [7, 11) is 0. The van der Waals surface area contributed by atoms with Gasteiger partial charge >= 0.3 is 0 Å². The van der Waals surface area contributed by atoms with Crippen molar-refractivity contribution >= 4 is 5.69 Å². The predicted octanol–water partition coefficient (Wildman–Crippen LogP) is 3.09. The lowest BCUT2D eigenvalue weighted by molar-refractivity contribution is 0.191. The van der Waals surface area contributed by atoms with Gasteiger partial charge in [0.15, 0.2) is 0 Å². The number of hydrogen-bond donors (Lipinski definition) is 1. The van der Waals surface area contributed by atoms with Crippen molar-refractivity contribution in [3.8, 4) is 0 Å². The van der Waals surface area contributed by atoms with Crippen LogP contribution in [0.15, 0.2) is 42.7 Å². The minimum Gasteiger partial charge on any atom is -0.398 e. The minimum atomic E-state index is 0.640. The first-order valence-electron chi connectivity index (χ1n) is 8.27. The molecule has 0 aliphatic heterocycles. The maximum atomic E-state index is 6.11. The molecule has 0 saturated carbocycles. The SMILES string of the molecule is CCN(CCc1ccncc1)C1CCc2c(N)cccc2C1. The van der Waals surface area contributed by atoms with Crippen LogP contribution in [0.25, 0.3) is 0 Å². The van der Waals surface area contributed by atoms with Gasteiger partial charge in [-0.2, -0.15) is 0 Å².